The summed E-state index contributed by atoms with van der Waals surface area (Å²) in [6.45, 7) is 1.95. The number of carbonyl (C=O) groups is 1. The minimum absolute atomic E-state index is 0.246. The molecule has 1 amide bonds. The van der Waals surface area contributed by atoms with E-state index >= 15 is 0 Å². The molecular weight excluding hydrogens is 282 g/mol. The van der Waals surface area contributed by atoms with Crippen molar-refractivity contribution in [2.45, 2.75) is 6.92 Å². The molecule has 3 aromatic rings. The van der Waals surface area contributed by atoms with Gasteiger partial charge in [-0.05, 0) is 18.6 Å². The largest absolute Gasteiger partial charge is 0.305 e. The van der Waals surface area contributed by atoms with Crippen molar-refractivity contribution in [2.24, 2.45) is 0 Å². The highest BCUT2D eigenvalue weighted by Crippen LogP contribution is 2.23. The standard InChI is InChI=1S/C16H13N3OS/c1-11-7-8-14(17-9-11)19-15(20)13-10-21-16(18-13)12-5-3-2-4-6-12/h2-10H,1H3,(H,17,19,20). The Kier molecular flexibility index (Phi) is 3.75. The van der Waals surface area contributed by atoms with Gasteiger partial charge in [0.25, 0.3) is 5.91 Å². The summed E-state index contributed by atoms with van der Waals surface area (Å²) < 4.78 is 0. The highest BCUT2D eigenvalue weighted by molar-refractivity contribution is 7.13. The van der Waals surface area contributed by atoms with Gasteiger partial charge in [-0.15, -0.1) is 11.3 Å². The van der Waals surface area contributed by atoms with Gasteiger partial charge in [0.05, 0.1) is 0 Å². The van der Waals surface area contributed by atoms with E-state index in [1.807, 2.05) is 43.3 Å². The molecule has 1 N–H and O–H groups in total. The molecule has 2 aromatic heterocycles. The first-order chi connectivity index (χ1) is 10.2. The molecule has 3 rings (SSSR count). The van der Waals surface area contributed by atoms with Crippen LogP contribution in [-0.4, -0.2) is 15.9 Å². The second-order valence-corrected chi connectivity index (χ2v) is 5.44. The van der Waals surface area contributed by atoms with Crippen molar-refractivity contribution >= 4 is 23.1 Å². The van der Waals surface area contributed by atoms with Crippen LogP contribution in [0.3, 0.4) is 0 Å². The quantitative estimate of drug-likeness (QED) is 0.800. The number of amides is 1. The van der Waals surface area contributed by atoms with E-state index < -0.39 is 0 Å². The van der Waals surface area contributed by atoms with Crippen LogP contribution in [0.4, 0.5) is 5.82 Å². The van der Waals surface area contributed by atoms with Gasteiger partial charge in [0.1, 0.15) is 16.5 Å². The van der Waals surface area contributed by atoms with E-state index in [0.29, 0.717) is 11.5 Å². The molecule has 2 heterocycles. The summed E-state index contributed by atoms with van der Waals surface area (Å²) in [6.07, 6.45) is 1.71. The maximum Gasteiger partial charge on any atom is 0.276 e. The fourth-order valence-corrected chi connectivity index (χ4v) is 2.62. The van der Waals surface area contributed by atoms with Gasteiger partial charge in [0, 0.05) is 17.1 Å². The molecule has 0 spiro atoms. The Bertz CT molecular complexity index is 751. The van der Waals surface area contributed by atoms with Crippen LogP contribution < -0.4 is 5.32 Å². The molecule has 0 aliphatic rings. The van der Waals surface area contributed by atoms with E-state index in [1.54, 1.807) is 17.6 Å². The second kappa shape index (κ2) is 5.85. The normalized spacial score (nSPS) is 10.3. The molecule has 0 saturated carbocycles. The molecule has 0 unspecified atom stereocenters. The number of pyridine rings is 1. The van der Waals surface area contributed by atoms with Crippen LogP contribution in [-0.2, 0) is 0 Å². The number of carbonyl (C=O) groups excluding carboxylic acids is 1. The minimum atomic E-state index is -0.246. The Morgan fingerprint density at radius 3 is 2.67 bits per heavy atom. The molecule has 0 fully saturated rings. The lowest BCUT2D eigenvalue weighted by Crippen LogP contribution is -2.13. The number of nitrogens with one attached hydrogen (secondary N) is 1. The van der Waals surface area contributed by atoms with Crippen molar-refractivity contribution in [3.8, 4) is 10.6 Å². The van der Waals surface area contributed by atoms with Gasteiger partial charge < -0.3 is 5.32 Å². The number of benzene rings is 1. The van der Waals surface area contributed by atoms with Crippen LogP contribution in [0.1, 0.15) is 16.1 Å². The summed E-state index contributed by atoms with van der Waals surface area (Å²) in [5, 5.41) is 5.33. The first-order valence-electron chi connectivity index (χ1n) is 6.47. The molecular formula is C16H13N3OS. The van der Waals surface area contributed by atoms with Crippen molar-refractivity contribution < 1.29 is 4.79 Å². The van der Waals surface area contributed by atoms with Crippen molar-refractivity contribution in [3.05, 3.63) is 65.3 Å². The number of rotatable bonds is 3. The SMILES string of the molecule is Cc1ccc(NC(=O)c2csc(-c3ccccc3)n2)nc1. The predicted octanol–water partition coefficient (Wildman–Crippen LogP) is 3.77. The number of thiazole rings is 1. The first kappa shape index (κ1) is 13.5. The van der Waals surface area contributed by atoms with Gasteiger partial charge in [-0.1, -0.05) is 36.4 Å². The van der Waals surface area contributed by atoms with Gasteiger partial charge in [0.2, 0.25) is 0 Å². The second-order valence-electron chi connectivity index (χ2n) is 4.58. The van der Waals surface area contributed by atoms with Gasteiger partial charge in [0.15, 0.2) is 0 Å². The molecule has 0 saturated heterocycles. The average molecular weight is 295 g/mol. The third kappa shape index (κ3) is 3.14. The number of anilines is 1. The lowest BCUT2D eigenvalue weighted by molar-refractivity contribution is 0.102. The Hall–Kier alpha value is -2.53. The molecule has 1 aromatic carbocycles. The van der Waals surface area contributed by atoms with E-state index in [0.717, 1.165) is 16.1 Å². The predicted molar refractivity (Wildman–Crippen MR) is 84.5 cm³/mol. The lowest BCUT2D eigenvalue weighted by atomic mass is 10.2. The first-order valence-corrected chi connectivity index (χ1v) is 7.35. The summed E-state index contributed by atoms with van der Waals surface area (Å²) in [5.74, 6) is 0.282. The molecule has 5 heteroatoms. The molecule has 0 aliphatic heterocycles. The number of nitrogens with zero attached hydrogens (tertiary/aromatic N) is 2. The third-order valence-electron chi connectivity index (χ3n) is 2.91. The highest BCUT2D eigenvalue weighted by atomic mass is 32.1. The highest BCUT2D eigenvalue weighted by Gasteiger charge is 2.12. The Morgan fingerprint density at radius 1 is 1.14 bits per heavy atom. The van der Waals surface area contributed by atoms with Crippen LogP contribution in [0.25, 0.3) is 10.6 Å². The molecule has 0 radical (unpaired) electrons. The molecule has 104 valence electrons. The number of aryl methyl sites for hydroxylation is 1. The van der Waals surface area contributed by atoms with Crippen molar-refractivity contribution in [1.29, 1.82) is 0 Å². The zero-order valence-electron chi connectivity index (χ0n) is 11.4. The molecule has 0 aliphatic carbocycles. The van der Waals surface area contributed by atoms with Crippen LogP contribution in [0.15, 0.2) is 54.0 Å². The Balaban J connectivity index is 1.77. The Morgan fingerprint density at radius 2 is 1.95 bits per heavy atom. The fourth-order valence-electron chi connectivity index (χ4n) is 1.81. The van der Waals surface area contributed by atoms with E-state index in [4.69, 9.17) is 0 Å². The topological polar surface area (TPSA) is 54.9 Å². The molecule has 0 bridgehead atoms. The number of hydrogen-bond donors (Lipinski definition) is 1. The average Bonchev–Trinajstić information content (AvgIpc) is 3.00. The summed E-state index contributed by atoms with van der Waals surface area (Å²) in [4.78, 5) is 20.7. The number of hydrogen-bond acceptors (Lipinski definition) is 4. The third-order valence-corrected chi connectivity index (χ3v) is 3.80. The minimum Gasteiger partial charge on any atom is -0.305 e. The summed E-state index contributed by atoms with van der Waals surface area (Å²) in [7, 11) is 0. The maximum absolute atomic E-state index is 12.1. The number of aromatic nitrogens is 2. The zero-order chi connectivity index (χ0) is 14.7. The van der Waals surface area contributed by atoms with Gasteiger partial charge in [-0.3, -0.25) is 4.79 Å². The van der Waals surface area contributed by atoms with Crippen LogP contribution in [0.2, 0.25) is 0 Å². The van der Waals surface area contributed by atoms with Crippen LogP contribution >= 0.6 is 11.3 Å². The van der Waals surface area contributed by atoms with Crippen molar-refractivity contribution in [2.75, 3.05) is 5.32 Å². The zero-order valence-corrected chi connectivity index (χ0v) is 12.2. The van der Waals surface area contributed by atoms with Crippen LogP contribution in [0, 0.1) is 6.92 Å². The summed E-state index contributed by atoms with van der Waals surface area (Å²) in [5.41, 5.74) is 2.46. The summed E-state index contributed by atoms with van der Waals surface area (Å²) in [6, 6.07) is 13.5. The lowest BCUT2D eigenvalue weighted by Gasteiger charge is -2.02. The van der Waals surface area contributed by atoms with Gasteiger partial charge >= 0.3 is 0 Å². The van der Waals surface area contributed by atoms with Gasteiger partial charge in [-0.2, -0.15) is 0 Å². The fraction of sp³-hybridized carbons (Fsp3) is 0.0625. The van der Waals surface area contributed by atoms with E-state index in [1.165, 1.54) is 11.3 Å². The van der Waals surface area contributed by atoms with Crippen molar-refractivity contribution in [1.82, 2.24) is 9.97 Å². The van der Waals surface area contributed by atoms with E-state index in [2.05, 4.69) is 15.3 Å². The molecule has 4 nitrogen and oxygen atoms in total. The summed E-state index contributed by atoms with van der Waals surface area (Å²) >= 11 is 1.45. The Labute approximate surface area is 126 Å². The smallest absolute Gasteiger partial charge is 0.276 e. The molecule has 0 atom stereocenters. The van der Waals surface area contributed by atoms with E-state index in [-0.39, 0.29) is 5.91 Å². The van der Waals surface area contributed by atoms with Crippen molar-refractivity contribution in [3.63, 3.8) is 0 Å². The van der Waals surface area contributed by atoms with Gasteiger partial charge in [-0.25, -0.2) is 9.97 Å². The molecule has 21 heavy (non-hydrogen) atoms. The monoisotopic (exact) mass is 295 g/mol. The van der Waals surface area contributed by atoms with Crippen LogP contribution in [0.5, 0.6) is 0 Å². The maximum atomic E-state index is 12.1. The van der Waals surface area contributed by atoms with E-state index in [9.17, 15) is 4.79 Å².